The molecule has 5 atom stereocenters. The van der Waals surface area contributed by atoms with Crippen molar-refractivity contribution in [1.82, 2.24) is 15.1 Å². The fourth-order valence-electron chi connectivity index (χ4n) is 5.41. The summed E-state index contributed by atoms with van der Waals surface area (Å²) in [5.41, 5.74) is 5.55. The molecule has 0 bridgehead atoms. The van der Waals surface area contributed by atoms with Crippen molar-refractivity contribution in [2.45, 2.75) is 63.5 Å². The van der Waals surface area contributed by atoms with E-state index in [0.29, 0.717) is 6.42 Å². The number of aliphatic hydroxyl groups is 1. The lowest BCUT2D eigenvalue weighted by atomic mass is 9.68. The molecule has 0 radical (unpaired) electrons. The zero-order chi connectivity index (χ0) is 28.7. The first-order chi connectivity index (χ1) is 18.2. The molecule has 8 nitrogen and oxygen atoms in total. The topological polar surface area (TPSA) is 125 Å². The number of hydrogen-bond donors (Lipinski definition) is 5. The number of rotatable bonds is 8. The molecule has 0 spiro atoms. The Bertz CT molecular complexity index is 1370. The van der Waals surface area contributed by atoms with E-state index in [4.69, 9.17) is 34.0 Å². The van der Waals surface area contributed by atoms with E-state index in [2.05, 4.69) is 15.7 Å². The Labute approximate surface area is 235 Å². The second-order valence-electron chi connectivity index (χ2n) is 11.1. The maximum absolute atomic E-state index is 15.6. The fourth-order valence-corrected chi connectivity index (χ4v) is 5.75. The summed E-state index contributed by atoms with van der Waals surface area (Å²) in [5, 5.41) is 30.8. The van der Waals surface area contributed by atoms with Crippen LogP contribution in [0.4, 0.5) is 14.6 Å². The van der Waals surface area contributed by atoms with Crippen LogP contribution >= 0.6 is 23.2 Å². The van der Waals surface area contributed by atoms with Gasteiger partial charge in [-0.15, -0.1) is 0 Å². The van der Waals surface area contributed by atoms with Crippen molar-refractivity contribution in [2.75, 3.05) is 5.32 Å². The van der Waals surface area contributed by atoms with Gasteiger partial charge < -0.3 is 26.6 Å². The third-order valence-corrected chi connectivity index (χ3v) is 7.48. The molecule has 1 aliphatic rings. The summed E-state index contributed by atoms with van der Waals surface area (Å²) in [6.45, 7) is 5.63. The Morgan fingerprint density at radius 3 is 2.62 bits per heavy atom. The monoisotopic (exact) mass is 581 g/mol. The Morgan fingerprint density at radius 1 is 1.26 bits per heavy atom. The Balaban J connectivity index is 1.85. The molecule has 4 rings (SSSR count). The SMILES string of the molecule is CC(C)(C)CC1NC(C(O)Nc2ccn(CC(=O)O)n2)C(c2cccc(Cl)c2F)C1(N)c1ccc(Cl)cc1F. The zero-order valence-corrected chi connectivity index (χ0v) is 23.1. The molecule has 39 heavy (non-hydrogen) atoms. The summed E-state index contributed by atoms with van der Waals surface area (Å²) in [7, 11) is 0. The van der Waals surface area contributed by atoms with Crippen molar-refractivity contribution >= 4 is 35.0 Å². The van der Waals surface area contributed by atoms with Gasteiger partial charge in [0.05, 0.1) is 16.6 Å². The molecule has 210 valence electrons. The molecule has 5 unspecified atom stereocenters. The lowest BCUT2D eigenvalue weighted by molar-refractivity contribution is -0.137. The third kappa shape index (κ3) is 6.05. The number of aliphatic hydroxyl groups excluding tert-OH is 1. The van der Waals surface area contributed by atoms with Crippen LogP contribution in [0.3, 0.4) is 0 Å². The molecular weight excluding hydrogens is 551 g/mol. The third-order valence-electron chi connectivity index (χ3n) is 6.95. The molecule has 0 aliphatic carbocycles. The molecule has 2 heterocycles. The fraction of sp³-hybridized carbons (Fsp3) is 0.407. The van der Waals surface area contributed by atoms with Crippen LogP contribution in [0.2, 0.25) is 10.0 Å². The Kier molecular flexibility index (Phi) is 8.26. The van der Waals surface area contributed by atoms with Crippen LogP contribution in [-0.4, -0.2) is 44.3 Å². The molecule has 2 aromatic carbocycles. The van der Waals surface area contributed by atoms with Crippen LogP contribution in [0.25, 0.3) is 0 Å². The van der Waals surface area contributed by atoms with Gasteiger partial charge in [-0.25, -0.2) is 8.78 Å². The number of benzene rings is 2. The van der Waals surface area contributed by atoms with E-state index < -0.39 is 47.4 Å². The molecule has 1 saturated heterocycles. The summed E-state index contributed by atoms with van der Waals surface area (Å²) in [6.07, 6.45) is 0.489. The van der Waals surface area contributed by atoms with Gasteiger partial charge in [0.25, 0.3) is 0 Å². The summed E-state index contributed by atoms with van der Waals surface area (Å²) in [4.78, 5) is 11.0. The van der Waals surface area contributed by atoms with Crippen molar-refractivity contribution in [3.05, 3.63) is 81.5 Å². The summed E-state index contributed by atoms with van der Waals surface area (Å²) >= 11 is 12.2. The highest BCUT2D eigenvalue weighted by Gasteiger charge is 2.58. The van der Waals surface area contributed by atoms with E-state index in [-0.39, 0.29) is 38.9 Å². The number of nitrogens with zero attached hydrogens (tertiary/aromatic N) is 2. The standard InChI is InChI=1S/C27H31Cl2F2N5O3/c1-26(2,3)12-19-27(32,16-8-7-14(28)11-18(16)30)22(15-5-4-6-17(29)23(15)31)24(33-19)25(39)34-20-9-10-36(35-20)13-21(37)38/h4-11,19,22,24-25,33,39H,12-13,32H2,1-3H3,(H,34,35)(H,37,38). The van der Waals surface area contributed by atoms with E-state index in [9.17, 15) is 9.90 Å². The van der Waals surface area contributed by atoms with Crippen molar-refractivity contribution < 1.29 is 23.8 Å². The first kappa shape index (κ1) is 29.2. The normalized spacial score (nSPS) is 24.1. The van der Waals surface area contributed by atoms with Crippen LogP contribution in [0.1, 0.15) is 44.2 Å². The lowest BCUT2D eigenvalue weighted by Gasteiger charge is -2.40. The second-order valence-corrected chi connectivity index (χ2v) is 11.9. The lowest BCUT2D eigenvalue weighted by Crippen LogP contribution is -2.52. The van der Waals surface area contributed by atoms with Gasteiger partial charge in [0.15, 0.2) is 0 Å². The van der Waals surface area contributed by atoms with E-state index in [1.807, 2.05) is 20.8 Å². The quantitative estimate of drug-likeness (QED) is 0.244. The largest absolute Gasteiger partial charge is 0.480 e. The van der Waals surface area contributed by atoms with Gasteiger partial charge in [0.1, 0.15) is 30.2 Å². The molecule has 3 aromatic rings. The number of carboxylic acid groups (broad SMARTS) is 1. The van der Waals surface area contributed by atoms with Crippen molar-refractivity contribution in [3.8, 4) is 0 Å². The second kappa shape index (κ2) is 11.0. The van der Waals surface area contributed by atoms with Gasteiger partial charge in [-0.05, 0) is 35.6 Å². The molecule has 1 fully saturated rings. The van der Waals surface area contributed by atoms with Gasteiger partial charge >= 0.3 is 5.97 Å². The van der Waals surface area contributed by atoms with Crippen LogP contribution in [0.15, 0.2) is 48.7 Å². The van der Waals surface area contributed by atoms with Gasteiger partial charge in [0.2, 0.25) is 0 Å². The number of carboxylic acids is 1. The summed E-state index contributed by atoms with van der Waals surface area (Å²) < 4.78 is 32.4. The average molecular weight is 582 g/mol. The van der Waals surface area contributed by atoms with E-state index in [1.165, 1.54) is 41.2 Å². The molecule has 1 aromatic heterocycles. The first-order valence-corrected chi connectivity index (χ1v) is 13.1. The highest BCUT2D eigenvalue weighted by Crippen LogP contribution is 2.50. The van der Waals surface area contributed by atoms with Crippen LogP contribution in [-0.2, 0) is 16.9 Å². The van der Waals surface area contributed by atoms with Crippen molar-refractivity contribution in [1.29, 1.82) is 0 Å². The molecular formula is C27H31Cl2F2N5O3. The van der Waals surface area contributed by atoms with Crippen LogP contribution < -0.4 is 16.4 Å². The van der Waals surface area contributed by atoms with E-state index >= 15 is 8.78 Å². The summed E-state index contributed by atoms with van der Waals surface area (Å²) in [5.74, 6) is -3.29. The highest BCUT2D eigenvalue weighted by atomic mass is 35.5. The number of carbonyl (C=O) groups is 1. The maximum atomic E-state index is 15.6. The molecule has 1 aliphatic heterocycles. The van der Waals surface area contributed by atoms with Crippen molar-refractivity contribution in [2.24, 2.45) is 11.1 Å². The maximum Gasteiger partial charge on any atom is 0.325 e. The number of anilines is 1. The van der Waals surface area contributed by atoms with Gasteiger partial charge in [-0.3, -0.25) is 9.48 Å². The smallest absolute Gasteiger partial charge is 0.325 e. The van der Waals surface area contributed by atoms with Crippen LogP contribution in [0, 0.1) is 17.0 Å². The highest BCUT2D eigenvalue weighted by molar-refractivity contribution is 6.31. The predicted molar refractivity (Wildman–Crippen MR) is 146 cm³/mol. The minimum atomic E-state index is -1.55. The van der Waals surface area contributed by atoms with E-state index in [0.717, 1.165) is 6.07 Å². The molecule has 0 amide bonds. The minimum Gasteiger partial charge on any atom is -0.480 e. The number of halogens is 4. The van der Waals surface area contributed by atoms with Gasteiger partial charge in [-0.2, -0.15) is 5.10 Å². The number of hydrogen-bond acceptors (Lipinski definition) is 6. The number of aliphatic carboxylic acids is 1. The molecule has 0 saturated carbocycles. The van der Waals surface area contributed by atoms with Crippen molar-refractivity contribution in [3.63, 3.8) is 0 Å². The van der Waals surface area contributed by atoms with Gasteiger partial charge in [-0.1, -0.05) is 62.2 Å². The Hall–Kier alpha value is -2.76. The Morgan fingerprint density at radius 2 is 1.97 bits per heavy atom. The molecule has 12 heteroatoms. The average Bonchev–Trinajstić information content (AvgIpc) is 3.36. The number of nitrogens with one attached hydrogen (secondary N) is 2. The zero-order valence-electron chi connectivity index (χ0n) is 21.6. The number of nitrogens with two attached hydrogens (primary N) is 1. The van der Waals surface area contributed by atoms with E-state index in [1.54, 1.807) is 6.07 Å². The first-order valence-electron chi connectivity index (χ1n) is 12.3. The summed E-state index contributed by atoms with van der Waals surface area (Å²) in [6, 6.07) is 8.57. The minimum absolute atomic E-state index is 0.102. The molecule has 6 N–H and O–H groups in total. The van der Waals surface area contributed by atoms with Gasteiger partial charge in [0, 0.05) is 34.8 Å². The predicted octanol–water partition coefficient (Wildman–Crippen LogP) is 4.70. The number of aromatic nitrogens is 2. The van der Waals surface area contributed by atoms with Crippen LogP contribution in [0.5, 0.6) is 0 Å².